The van der Waals surface area contributed by atoms with Crippen LogP contribution in [0.4, 0.5) is 0 Å². The summed E-state index contributed by atoms with van der Waals surface area (Å²) in [6.45, 7) is 4.14. The summed E-state index contributed by atoms with van der Waals surface area (Å²) >= 11 is 0. The molecule has 0 saturated carbocycles. The maximum atomic E-state index is 12.0. The molecule has 6 nitrogen and oxygen atoms in total. The number of hydrogen-bond donors (Lipinski definition) is 1. The lowest BCUT2D eigenvalue weighted by Gasteiger charge is -2.25. The molecule has 1 aliphatic carbocycles. The van der Waals surface area contributed by atoms with Gasteiger partial charge in [-0.1, -0.05) is 12.1 Å². The predicted octanol–water partition coefficient (Wildman–Crippen LogP) is 3.10. The van der Waals surface area contributed by atoms with E-state index in [0.29, 0.717) is 6.42 Å². The first-order valence-electron chi connectivity index (χ1n) is 9.74. The first-order valence-corrected chi connectivity index (χ1v) is 9.74. The number of nitrogens with one attached hydrogen (secondary N) is 1. The smallest absolute Gasteiger partial charge is 0.163 e. The zero-order chi connectivity index (χ0) is 18.9. The standard InChI is InChI=1S/C22H22N4O2/c27-19-4-2-16-13-17(1-3-18(16)19)22-21(15-5-7-23-8-6-15)24-20(25-22)14-26-9-11-28-12-10-26/h1,3,5-8,13H,2,4,9-12,14H2,(H,24,25). The largest absolute Gasteiger partial charge is 0.379 e. The molecule has 1 N–H and O–H groups in total. The topological polar surface area (TPSA) is 71.1 Å². The zero-order valence-electron chi connectivity index (χ0n) is 15.6. The van der Waals surface area contributed by atoms with Crippen molar-refractivity contribution in [2.45, 2.75) is 19.4 Å². The number of hydrogen-bond acceptors (Lipinski definition) is 5. The Morgan fingerprint density at radius 2 is 1.86 bits per heavy atom. The maximum absolute atomic E-state index is 12.0. The number of ketones is 1. The van der Waals surface area contributed by atoms with Crippen LogP contribution in [-0.4, -0.2) is 51.9 Å². The van der Waals surface area contributed by atoms with Crippen molar-refractivity contribution < 1.29 is 9.53 Å². The van der Waals surface area contributed by atoms with E-state index in [1.54, 1.807) is 12.4 Å². The molecular weight excluding hydrogens is 352 g/mol. The Morgan fingerprint density at radius 3 is 2.68 bits per heavy atom. The fourth-order valence-electron chi connectivity index (χ4n) is 4.01. The van der Waals surface area contributed by atoms with E-state index in [0.717, 1.165) is 78.7 Å². The van der Waals surface area contributed by atoms with Gasteiger partial charge in [0.2, 0.25) is 0 Å². The highest BCUT2D eigenvalue weighted by atomic mass is 16.5. The van der Waals surface area contributed by atoms with E-state index in [1.807, 2.05) is 24.3 Å². The molecule has 3 heterocycles. The average Bonchev–Trinajstić information content (AvgIpc) is 3.33. The highest BCUT2D eigenvalue weighted by molar-refractivity contribution is 6.01. The van der Waals surface area contributed by atoms with Crippen molar-refractivity contribution in [3.8, 4) is 22.5 Å². The SMILES string of the molecule is O=C1CCc2cc(-c3nc(CN4CCOCC4)[nH]c3-c3ccncc3)ccc21. The molecule has 1 fully saturated rings. The van der Waals surface area contributed by atoms with Gasteiger partial charge in [-0.3, -0.25) is 14.7 Å². The number of Topliss-reactive ketones (excluding diaryl/α,β-unsaturated/α-hetero) is 1. The molecule has 0 spiro atoms. The number of nitrogens with zero attached hydrogens (tertiary/aromatic N) is 3. The second kappa shape index (κ2) is 7.30. The number of H-pyrrole nitrogens is 1. The molecule has 2 aromatic heterocycles. The molecule has 0 bridgehead atoms. The van der Waals surface area contributed by atoms with Crippen LogP contribution in [0.1, 0.15) is 28.2 Å². The summed E-state index contributed by atoms with van der Waals surface area (Å²) in [5.74, 6) is 1.19. The van der Waals surface area contributed by atoms with Crippen molar-refractivity contribution in [1.29, 1.82) is 0 Å². The number of morpholine rings is 1. The Balaban J connectivity index is 1.54. The third-order valence-electron chi connectivity index (χ3n) is 5.50. The first kappa shape index (κ1) is 17.3. The van der Waals surface area contributed by atoms with Crippen molar-refractivity contribution in [2.75, 3.05) is 26.3 Å². The van der Waals surface area contributed by atoms with Crippen molar-refractivity contribution in [3.05, 3.63) is 59.7 Å². The summed E-state index contributed by atoms with van der Waals surface area (Å²) < 4.78 is 5.45. The van der Waals surface area contributed by atoms with E-state index in [2.05, 4.69) is 20.9 Å². The van der Waals surface area contributed by atoms with Gasteiger partial charge in [-0.05, 0) is 30.2 Å². The molecule has 5 rings (SSSR count). The average molecular weight is 374 g/mol. The second-order valence-electron chi connectivity index (χ2n) is 7.33. The number of pyridine rings is 1. The predicted molar refractivity (Wildman–Crippen MR) is 106 cm³/mol. The molecule has 3 aromatic rings. The van der Waals surface area contributed by atoms with Crippen molar-refractivity contribution in [3.63, 3.8) is 0 Å². The van der Waals surface area contributed by atoms with Gasteiger partial charge < -0.3 is 9.72 Å². The van der Waals surface area contributed by atoms with Gasteiger partial charge >= 0.3 is 0 Å². The number of ether oxygens (including phenoxy) is 1. The number of benzene rings is 1. The Hall–Kier alpha value is -2.83. The summed E-state index contributed by atoms with van der Waals surface area (Å²) in [5.41, 5.74) is 6.01. The summed E-state index contributed by atoms with van der Waals surface area (Å²) in [6, 6.07) is 10.1. The summed E-state index contributed by atoms with van der Waals surface area (Å²) in [4.78, 5) is 27.0. The quantitative estimate of drug-likeness (QED) is 0.760. The Labute approximate surface area is 163 Å². The lowest BCUT2D eigenvalue weighted by molar-refractivity contribution is 0.0332. The van der Waals surface area contributed by atoms with Gasteiger partial charge in [-0.15, -0.1) is 0 Å². The number of aryl methyl sites for hydroxylation is 1. The lowest BCUT2D eigenvalue weighted by atomic mass is 10.0. The summed E-state index contributed by atoms with van der Waals surface area (Å²) in [6.07, 6.45) is 5.02. The third-order valence-corrected chi connectivity index (χ3v) is 5.50. The summed E-state index contributed by atoms with van der Waals surface area (Å²) in [7, 11) is 0. The number of carbonyl (C=O) groups is 1. The van der Waals surface area contributed by atoms with Gasteiger partial charge in [0.1, 0.15) is 5.82 Å². The van der Waals surface area contributed by atoms with Crippen LogP contribution in [0.25, 0.3) is 22.5 Å². The highest BCUT2D eigenvalue weighted by Crippen LogP contribution is 2.33. The number of rotatable bonds is 4. The number of fused-ring (bicyclic) bond motifs is 1. The van der Waals surface area contributed by atoms with Gasteiger partial charge in [0.15, 0.2) is 5.78 Å². The zero-order valence-corrected chi connectivity index (χ0v) is 15.6. The first-order chi connectivity index (χ1) is 13.8. The van der Waals surface area contributed by atoms with E-state index in [9.17, 15) is 4.79 Å². The Kier molecular flexibility index (Phi) is 4.50. The van der Waals surface area contributed by atoms with Crippen LogP contribution in [0.2, 0.25) is 0 Å². The van der Waals surface area contributed by atoms with Gasteiger partial charge in [0, 0.05) is 48.6 Å². The Morgan fingerprint density at radius 1 is 1.04 bits per heavy atom. The maximum Gasteiger partial charge on any atom is 0.163 e. The van der Waals surface area contributed by atoms with Crippen LogP contribution >= 0.6 is 0 Å². The van der Waals surface area contributed by atoms with Crippen LogP contribution in [-0.2, 0) is 17.7 Å². The lowest BCUT2D eigenvalue weighted by Crippen LogP contribution is -2.35. The van der Waals surface area contributed by atoms with Crippen LogP contribution in [0.15, 0.2) is 42.7 Å². The second-order valence-corrected chi connectivity index (χ2v) is 7.33. The van der Waals surface area contributed by atoms with E-state index in [4.69, 9.17) is 9.72 Å². The van der Waals surface area contributed by atoms with Crippen LogP contribution in [0, 0.1) is 0 Å². The molecule has 6 heteroatoms. The van der Waals surface area contributed by atoms with Gasteiger partial charge in [0.25, 0.3) is 0 Å². The fraction of sp³-hybridized carbons (Fsp3) is 0.318. The van der Waals surface area contributed by atoms with Crippen LogP contribution in [0.5, 0.6) is 0 Å². The monoisotopic (exact) mass is 374 g/mol. The molecule has 1 aromatic carbocycles. The van der Waals surface area contributed by atoms with Crippen molar-refractivity contribution in [1.82, 2.24) is 19.9 Å². The Bertz CT molecular complexity index is 1010. The molecule has 28 heavy (non-hydrogen) atoms. The van der Waals surface area contributed by atoms with E-state index in [1.165, 1.54) is 0 Å². The minimum atomic E-state index is 0.242. The molecule has 0 radical (unpaired) electrons. The number of carbonyl (C=O) groups excluding carboxylic acids is 1. The minimum Gasteiger partial charge on any atom is -0.379 e. The van der Waals surface area contributed by atoms with Gasteiger partial charge in [-0.2, -0.15) is 0 Å². The molecule has 0 atom stereocenters. The molecule has 0 unspecified atom stereocenters. The molecule has 1 saturated heterocycles. The number of aromatic amines is 1. The summed E-state index contributed by atoms with van der Waals surface area (Å²) in [5, 5.41) is 0. The fourth-order valence-corrected chi connectivity index (χ4v) is 4.01. The van der Waals surface area contributed by atoms with Crippen molar-refractivity contribution in [2.24, 2.45) is 0 Å². The molecular formula is C22H22N4O2. The molecule has 1 aliphatic heterocycles. The highest BCUT2D eigenvalue weighted by Gasteiger charge is 2.22. The third kappa shape index (κ3) is 3.25. The molecule has 142 valence electrons. The van der Waals surface area contributed by atoms with Gasteiger partial charge in [0.05, 0.1) is 31.1 Å². The van der Waals surface area contributed by atoms with E-state index < -0.39 is 0 Å². The van der Waals surface area contributed by atoms with Gasteiger partial charge in [-0.25, -0.2) is 4.98 Å². The van der Waals surface area contributed by atoms with Crippen LogP contribution in [0.3, 0.4) is 0 Å². The normalized spacial score (nSPS) is 17.1. The molecule has 0 amide bonds. The molecule has 2 aliphatic rings. The van der Waals surface area contributed by atoms with Crippen molar-refractivity contribution >= 4 is 5.78 Å². The minimum absolute atomic E-state index is 0.242. The van der Waals surface area contributed by atoms with E-state index in [-0.39, 0.29) is 5.78 Å². The van der Waals surface area contributed by atoms with E-state index >= 15 is 0 Å². The number of aromatic nitrogens is 3. The van der Waals surface area contributed by atoms with Crippen LogP contribution < -0.4 is 0 Å². The number of imidazole rings is 1.